The molecular weight excluding hydrogens is 773 g/mol. The van der Waals surface area contributed by atoms with E-state index in [4.69, 9.17) is 14.5 Å². The van der Waals surface area contributed by atoms with Gasteiger partial charge in [-0.05, 0) is 78.4 Å². The van der Waals surface area contributed by atoms with Gasteiger partial charge in [-0.25, -0.2) is 19.6 Å². The van der Waals surface area contributed by atoms with Crippen LogP contribution in [-0.2, 0) is 19.1 Å². The molecule has 0 unspecified atom stereocenters. The SMILES string of the molecule is COC(=O)N[C@H](C(=O)N1CCC[C@H]1c1nc2ccc3cc(C#Cc4ccc(-c5cnc([C@@H]6CCCN6C(=O)[C@H](NC(=O)OC)c6ccccc6)[nH]5)cc4)ccc3c2[nH]1)C(C)C. The van der Waals surface area contributed by atoms with Crippen molar-refractivity contribution >= 4 is 45.8 Å². The average molecular weight is 821 g/mol. The first-order chi connectivity index (χ1) is 29.6. The molecule has 2 aliphatic rings. The van der Waals surface area contributed by atoms with Gasteiger partial charge >= 0.3 is 12.2 Å². The first kappa shape index (κ1) is 40.6. The summed E-state index contributed by atoms with van der Waals surface area (Å²) in [5, 5.41) is 7.43. The normalized spacial score (nSPS) is 17.2. The fourth-order valence-corrected chi connectivity index (χ4v) is 8.38. The number of carbonyl (C=O) groups excluding carboxylic acids is 4. The number of rotatable bonds is 9. The number of nitrogens with one attached hydrogen (secondary N) is 4. The zero-order valence-electron chi connectivity index (χ0n) is 34.5. The third kappa shape index (κ3) is 8.50. The van der Waals surface area contributed by atoms with Gasteiger partial charge < -0.3 is 39.9 Å². The van der Waals surface area contributed by atoms with Crippen LogP contribution in [0.1, 0.15) is 86.0 Å². The Kier molecular flexibility index (Phi) is 11.7. The molecule has 312 valence electrons. The largest absolute Gasteiger partial charge is 0.453 e. The lowest BCUT2D eigenvalue weighted by molar-refractivity contribution is -0.135. The zero-order chi connectivity index (χ0) is 42.6. The van der Waals surface area contributed by atoms with Crippen molar-refractivity contribution in [3.05, 3.63) is 119 Å². The molecule has 0 radical (unpaired) electrons. The van der Waals surface area contributed by atoms with Crippen LogP contribution < -0.4 is 10.6 Å². The van der Waals surface area contributed by atoms with Gasteiger partial charge in [0.05, 0.1) is 49.2 Å². The molecule has 8 rings (SSSR count). The van der Waals surface area contributed by atoms with Crippen LogP contribution in [0.5, 0.6) is 0 Å². The molecule has 6 aromatic rings. The summed E-state index contributed by atoms with van der Waals surface area (Å²) in [6.45, 7) is 4.94. The lowest BCUT2D eigenvalue weighted by atomic mass is 10.0. The lowest BCUT2D eigenvalue weighted by Gasteiger charge is -2.29. The number of carbonyl (C=O) groups is 4. The summed E-state index contributed by atoms with van der Waals surface area (Å²) >= 11 is 0. The third-order valence-corrected chi connectivity index (χ3v) is 11.6. The Hall–Kier alpha value is -7.14. The highest BCUT2D eigenvalue weighted by Crippen LogP contribution is 2.36. The van der Waals surface area contributed by atoms with Gasteiger partial charge in [0.25, 0.3) is 5.91 Å². The molecule has 4 N–H and O–H groups in total. The van der Waals surface area contributed by atoms with Crippen molar-refractivity contribution in [1.29, 1.82) is 0 Å². The van der Waals surface area contributed by atoms with Crippen molar-refractivity contribution in [2.45, 2.75) is 63.7 Å². The van der Waals surface area contributed by atoms with Gasteiger partial charge in [0.2, 0.25) is 5.91 Å². The highest BCUT2D eigenvalue weighted by Gasteiger charge is 2.39. The Balaban J connectivity index is 0.951. The van der Waals surface area contributed by atoms with E-state index in [1.165, 1.54) is 14.2 Å². The van der Waals surface area contributed by atoms with Crippen LogP contribution >= 0.6 is 0 Å². The number of benzene rings is 4. The molecule has 0 aliphatic carbocycles. The second kappa shape index (κ2) is 17.6. The maximum atomic E-state index is 13.9. The number of hydrogen-bond donors (Lipinski definition) is 4. The maximum absolute atomic E-state index is 13.9. The van der Waals surface area contributed by atoms with Crippen molar-refractivity contribution in [1.82, 2.24) is 40.4 Å². The van der Waals surface area contributed by atoms with Crippen molar-refractivity contribution in [3.8, 4) is 23.1 Å². The van der Waals surface area contributed by atoms with Gasteiger partial charge in [-0.2, -0.15) is 0 Å². The van der Waals surface area contributed by atoms with E-state index in [-0.39, 0.29) is 29.8 Å². The molecule has 2 aliphatic heterocycles. The number of H-pyrrole nitrogens is 2. The number of imidazole rings is 2. The zero-order valence-corrected chi connectivity index (χ0v) is 34.5. The van der Waals surface area contributed by atoms with E-state index in [0.29, 0.717) is 24.5 Å². The molecule has 2 aromatic heterocycles. The van der Waals surface area contributed by atoms with Gasteiger partial charge in [-0.1, -0.05) is 80.3 Å². The standard InChI is InChI=1S/C47H48N8O6/c1-28(2)39(52-46(58)60-3)44(56)55-25-9-13-38(55)43-49-35-23-21-33-26-30(18-22-34(33)41(35)51-43)15-14-29-16-19-31(20-17-29)36-27-48-42(50-36)37-12-8-24-54(37)45(57)40(53-47(59)61-4)32-10-6-5-7-11-32/h5-7,10-11,16-23,26-28,37-40H,8-9,12-13,24-25H2,1-4H3,(H,48,50)(H,49,51)(H,52,58)(H,53,59)/t37-,38-,39-,40+/m0/s1. The average Bonchev–Trinajstić information content (AvgIpc) is 4.13. The minimum atomic E-state index is -0.885. The minimum absolute atomic E-state index is 0.116. The molecule has 0 bridgehead atoms. The van der Waals surface area contributed by atoms with Gasteiger partial charge in [0, 0.05) is 29.6 Å². The fourth-order valence-electron chi connectivity index (χ4n) is 8.38. The Morgan fingerprint density at radius 3 is 2.11 bits per heavy atom. The summed E-state index contributed by atoms with van der Waals surface area (Å²) in [5.74, 6) is 7.54. The van der Waals surface area contributed by atoms with Gasteiger partial charge in [0.1, 0.15) is 23.7 Å². The van der Waals surface area contributed by atoms with E-state index in [2.05, 4.69) is 43.5 Å². The van der Waals surface area contributed by atoms with E-state index in [1.54, 1.807) is 11.1 Å². The van der Waals surface area contributed by atoms with Crippen LogP contribution in [0.15, 0.2) is 91.1 Å². The van der Waals surface area contributed by atoms with Crippen molar-refractivity contribution in [2.75, 3.05) is 27.3 Å². The summed E-state index contributed by atoms with van der Waals surface area (Å²) in [4.78, 5) is 71.9. The molecule has 14 heteroatoms. The molecule has 4 amide bonds. The third-order valence-electron chi connectivity index (χ3n) is 11.6. The molecule has 14 nitrogen and oxygen atoms in total. The predicted molar refractivity (Wildman–Crippen MR) is 230 cm³/mol. The molecule has 2 fully saturated rings. The number of fused-ring (bicyclic) bond motifs is 3. The van der Waals surface area contributed by atoms with Crippen molar-refractivity contribution in [3.63, 3.8) is 0 Å². The first-order valence-corrected chi connectivity index (χ1v) is 20.6. The number of alkyl carbamates (subject to hydrolysis) is 2. The fraction of sp³-hybridized carbons (Fsp3) is 0.319. The van der Waals surface area contributed by atoms with Crippen LogP contribution in [-0.4, -0.2) is 87.1 Å². The Bertz CT molecular complexity index is 2640. The second-order valence-corrected chi connectivity index (χ2v) is 15.7. The van der Waals surface area contributed by atoms with Crippen LogP contribution in [0, 0.1) is 17.8 Å². The molecule has 0 saturated carbocycles. The highest BCUT2D eigenvalue weighted by molar-refractivity contribution is 6.04. The summed E-state index contributed by atoms with van der Waals surface area (Å²) in [5.41, 5.74) is 5.87. The van der Waals surface area contributed by atoms with E-state index in [9.17, 15) is 19.2 Å². The molecule has 2 saturated heterocycles. The number of methoxy groups -OCH3 is 2. The van der Waals surface area contributed by atoms with E-state index >= 15 is 0 Å². The van der Waals surface area contributed by atoms with Crippen molar-refractivity contribution < 1.29 is 28.7 Å². The molecule has 4 aromatic carbocycles. The lowest BCUT2D eigenvalue weighted by Crippen LogP contribution is -2.51. The molecule has 4 atom stereocenters. The number of amides is 4. The topological polar surface area (TPSA) is 175 Å². The Labute approximate surface area is 353 Å². The molecular formula is C47H48N8O6. The molecule has 4 heterocycles. The number of aromatic nitrogens is 4. The van der Waals surface area contributed by atoms with E-state index < -0.39 is 24.3 Å². The monoisotopic (exact) mass is 820 g/mol. The predicted octanol–water partition coefficient (Wildman–Crippen LogP) is 7.31. The van der Waals surface area contributed by atoms with Crippen LogP contribution in [0.2, 0.25) is 0 Å². The number of ether oxygens (including phenoxy) is 2. The number of hydrogen-bond acceptors (Lipinski definition) is 8. The second-order valence-electron chi connectivity index (χ2n) is 15.7. The summed E-state index contributed by atoms with van der Waals surface area (Å²) in [6.07, 6.45) is 3.64. The highest BCUT2D eigenvalue weighted by atomic mass is 16.5. The molecule has 61 heavy (non-hydrogen) atoms. The summed E-state index contributed by atoms with van der Waals surface area (Å²) in [7, 11) is 2.57. The number of nitrogens with zero attached hydrogens (tertiary/aromatic N) is 4. The quantitative estimate of drug-likeness (QED) is 0.110. The molecule has 0 spiro atoms. The van der Waals surface area contributed by atoms with Gasteiger partial charge in [-0.3, -0.25) is 9.59 Å². The van der Waals surface area contributed by atoms with Gasteiger partial charge in [0.15, 0.2) is 0 Å². The smallest absolute Gasteiger partial charge is 0.407 e. The summed E-state index contributed by atoms with van der Waals surface area (Å²) < 4.78 is 9.60. The van der Waals surface area contributed by atoms with Crippen LogP contribution in [0.4, 0.5) is 9.59 Å². The first-order valence-electron chi connectivity index (χ1n) is 20.6. The summed E-state index contributed by atoms with van der Waals surface area (Å²) in [6, 6.07) is 25.1. The number of likely N-dealkylation sites (tertiary alicyclic amines) is 2. The Morgan fingerprint density at radius 1 is 0.754 bits per heavy atom. The number of aromatic amines is 2. The van der Waals surface area contributed by atoms with Crippen LogP contribution in [0.25, 0.3) is 33.1 Å². The van der Waals surface area contributed by atoms with Crippen molar-refractivity contribution in [2.24, 2.45) is 5.92 Å². The van der Waals surface area contributed by atoms with E-state index in [0.717, 1.165) is 75.7 Å². The van der Waals surface area contributed by atoms with Crippen LogP contribution in [0.3, 0.4) is 0 Å². The van der Waals surface area contributed by atoms with E-state index in [1.807, 2.05) is 97.6 Å². The maximum Gasteiger partial charge on any atom is 0.407 e. The van der Waals surface area contributed by atoms with Gasteiger partial charge in [-0.15, -0.1) is 0 Å². The Morgan fingerprint density at radius 2 is 1.41 bits per heavy atom. The minimum Gasteiger partial charge on any atom is -0.453 e.